The number of halogens is 2. The lowest BCUT2D eigenvalue weighted by molar-refractivity contribution is -0.0196. The van der Waals surface area contributed by atoms with Crippen LogP contribution in [0, 0.1) is 11.3 Å². The molecule has 0 aromatic heterocycles. The number of nitriles is 1. The molecule has 2 aromatic rings. The minimum absolute atomic E-state index is 0.00264. The van der Waals surface area contributed by atoms with Crippen molar-refractivity contribution in [1.29, 1.82) is 5.26 Å². The Kier molecular flexibility index (Phi) is 8.02. The summed E-state index contributed by atoms with van der Waals surface area (Å²) in [4.78, 5) is 17.0. The SMILES string of the molecule is CN(C)CCN(C(=O)Nc1ccc(Cl)c(Cl)c1)[C@H]1CC[C@](O)(c2cccc(C#N)c2)CC1. The number of hydrogen-bond acceptors (Lipinski definition) is 4. The lowest BCUT2D eigenvalue weighted by Crippen LogP contribution is -2.49. The number of hydrogen-bond donors (Lipinski definition) is 2. The van der Waals surface area contributed by atoms with Crippen LogP contribution >= 0.6 is 23.2 Å². The quantitative estimate of drug-likeness (QED) is 0.610. The molecule has 0 atom stereocenters. The predicted octanol–water partition coefficient (Wildman–Crippen LogP) is 5.09. The molecule has 0 spiro atoms. The molecule has 0 unspecified atom stereocenters. The van der Waals surface area contributed by atoms with Gasteiger partial charge in [0.1, 0.15) is 0 Å². The fourth-order valence-electron chi connectivity index (χ4n) is 4.09. The summed E-state index contributed by atoms with van der Waals surface area (Å²) in [5.41, 5.74) is 0.887. The van der Waals surface area contributed by atoms with Crippen molar-refractivity contribution in [1.82, 2.24) is 9.80 Å². The molecular weight excluding hydrogens is 447 g/mol. The minimum Gasteiger partial charge on any atom is -0.385 e. The van der Waals surface area contributed by atoms with E-state index in [1.807, 2.05) is 30.0 Å². The molecule has 32 heavy (non-hydrogen) atoms. The molecule has 2 amide bonds. The van der Waals surface area contributed by atoms with Gasteiger partial charge in [-0.1, -0.05) is 35.3 Å². The van der Waals surface area contributed by atoms with E-state index in [9.17, 15) is 15.2 Å². The van der Waals surface area contributed by atoms with Crippen LogP contribution in [-0.4, -0.2) is 54.2 Å². The van der Waals surface area contributed by atoms with Crippen molar-refractivity contribution >= 4 is 34.9 Å². The smallest absolute Gasteiger partial charge is 0.322 e. The Bertz CT molecular complexity index is 998. The summed E-state index contributed by atoms with van der Waals surface area (Å²) >= 11 is 12.1. The van der Waals surface area contributed by atoms with Crippen molar-refractivity contribution in [2.75, 3.05) is 32.5 Å². The molecule has 0 radical (unpaired) electrons. The number of likely N-dealkylation sites (N-methyl/N-ethyl adjacent to an activating group) is 1. The molecule has 0 bridgehead atoms. The number of carbonyl (C=O) groups is 1. The van der Waals surface area contributed by atoms with Crippen LogP contribution in [-0.2, 0) is 5.60 Å². The highest BCUT2D eigenvalue weighted by Gasteiger charge is 2.38. The molecule has 2 N–H and O–H groups in total. The Hall–Kier alpha value is -2.30. The number of nitrogens with zero attached hydrogens (tertiary/aromatic N) is 3. The second-order valence-electron chi connectivity index (χ2n) is 8.51. The van der Waals surface area contributed by atoms with E-state index in [1.54, 1.807) is 36.4 Å². The van der Waals surface area contributed by atoms with Gasteiger partial charge in [-0.05, 0) is 75.7 Å². The first-order chi connectivity index (χ1) is 15.2. The van der Waals surface area contributed by atoms with Gasteiger partial charge in [0.05, 0.1) is 27.3 Å². The summed E-state index contributed by atoms with van der Waals surface area (Å²) in [6.45, 7) is 1.28. The van der Waals surface area contributed by atoms with Crippen molar-refractivity contribution in [2.45, 2.75) is 37.3 Å². The fraction of sp³-hybridized carbons (Fsp3) is 0.417. The fourth-order valence-corrected chi connectivity index (χ4v) is 4.38. The molecule has 1 aliphatic carbocycles. The molecule has 2 aromatic carbocycles. The molecule has 0 saturated heterocycles. The third-order valence-corrected chi connectivity index (χ3v) is 6.71. The maximum Gasteiger partial charge on any atom is 0.322 e. The number of rotatable bonds is 6. The molecule has 0 aliphatic heterocycles. The molecule has 6 nitrogen and oxygen atoms in total. The largest absolute Gasteiger partial charge is 0.385 e. The highest BCUT2D eigenvalue weighted by Crippen LogP contribution is 2.39. The lowest BCUT2D eigenvalue weighted by Gasteiger charge is -2.41. The van der Waals surface area contributed by atoms with Crippen molar-refractivity contribution in [2.24, 2.45) is 0 Å². The van der Waals surface area contributed by atoms with Crippen molar-refractivity contribution in [3.05, 3.63) is 63.6 Å². The number of aliphatic hydroxyl groups is 1. The van der Waals surface area contributed by atoms with Crippen LogP contribution in [0.2, 0.25) is 10.0 Å². The highest BCUT2D eigenvalue weighted by molar-refractivity contribution is 6.42. The first-order valence-corrected chi connectivity index (χ1v) is 11.4. The maximum atomic E-state index is 13.2. The second kappa shape index (κ2) is 10.5. The third-order valence-electron chi connectivity index (χ3n) is 5.97. The molecule has 1 saturated carbocycles. The Balaban J connectivity index is 1.72. The first-order valence-electron chi connectivity index (χ1n) is 10.6. The number of amides is 2. The van der Waals surface area contributed by atoms with E-state index in [-0.39, 0.29) is 12.1 Å². The van der Waals surface area contributed by atoms with E-state index in [4.69, 9.17) is 23.2 Å². The normalized spacial score (nSPS) is 20.6. The Morgan fingerprint density at radius 3 is 2.50 bits per heavy atom. The van der Waals surface area contributed by atoms with Crippen LogP contribution in [0.4, 0.5) is 10.5 Å². The number of urea groups is 1. The number of carbonyl (C=O) groups excluding carboxylic acids is 1. The lowest BCUT2D eigenvalue weighted by atomic mass is 9.77. The van der Waals surface area contributed by atoms with Crippen LogP contribution in [0.15, 0.2) is 42.5 Å². The van der Waals surface area contributed by atoms with Gasteiger partial charge in [0.2, 0.25) is 0 Å². The van der Waals surface area contributed by atoms with Gasteiger partial charge in [-0.15, -0.1) is 0 Å². The predicted molar refractivity (Wildman–Crippen MR) is 128 cm³/mol. The Morgan fingerprint density at radius 1 is 1.16 bits per heavy atom. The molecule has 3 rings (SSSR count). The van der Waals surface area contributed by atoms with Gasteiger partial charge in [-0.25, -0.2) is 4.79 Å². The van der Waals surface area contributed by atoms with Crippen molar-refractivity contribution < 1.29 is 9.90 Å². The molecule has 1 aliphatic rings. The first kappa shape index (κ1) is 24.3. The van der Waals surface area contributed by atoms with Crippen molar-refractivity contribution in [3.63, 3.8) is 0 Å². The van der Waals surface area contributed by atoms with Crippen LogP contribution in [0.25, 0.3) is 0 Å². The third kappa shape index (κ3) is 5.93. The molecule has 8 heteroatoms. The topological polar surface area (TPSA) is 79.6 Å². The average Bonchev–Trinajstić information content (AvgIpc) is 2.77. The van der Waals surface area contributed by atoms with E-state index >= 15 is 0 Å². The van der Waals surface area contributed by atoms with E-state index in [0.717, 1.165) is 12.1 Å². The Morgan fingerprint density at radius 2 is 1.88 bits per heavy atom. The van der Waals surface area contributed by atoms with Gasteiger partial charge in [-0.2, -0.15) is 5.26 Å². The molecular formula is C24H28Cl2N4O2. The standard InChI is InChI=1S/C24H28Cl2N4O2/c1-29(2)12-13-30(23(31)28-19-6-7-21(25)22(26)15-19)20-8-10-24(32,11-9-20)18-5-3-4-17(14-18)16-27/h3-7,14-15,20,32H,8-13H2,1-2H3,(H,28,31)/t20-,24+. The van der Waals surface area contributed by atoms with Crippen LogP contribution in [0.3, 0.4) is 0 Å². The second-order valence-corrected chi connectivity index (χ2v) is 9.33. The van der Waals surface area contributed by atoms with E-state index in [0.29, 0.717) is 53.5 Å². The van der Waals surface area contributed by atoms with Crippen molar-refractivity contribution in [3.8, 4) is 6.07 Å². The minimum atomic E-state index is -0.989. The van der Waals surface area contributed by atoms with E-state index in [2.05, 4.69) is 11.4 Å². The van der Waals surface area contributed by atoms with Gasteiger partial charge < -0.3 is 20.2 Å². The number of anilines is 1. The average molecular weight is 475 g/mol. The van der Waals surface area contributed by atoms with Gasteiger partial charge in [-0.3, -0.25) is 0 Å². The summed E-state index contributed by atoms with van der Waals surface area (Å²) in [6.07, 6.45) is 2.36. The zero-order chi connectivity index (χ0) is 23.3. The molecule has 1 fully saturated rings. The zero-order valence-electron chi connectivity index (χ0n) is 18.3. The summed E-state index contributed by atoms with van der Waals surface area (Å²) in [5.74, 6) is 0. The van der Waals surface area contributed by atoms with Crippen LogP contribution in [0.5, 0.6) is 0 Å². The van der Waals surface area contributed by atoms with E-state index < -0.39 is 5.60 Å². The summed E-state index contributed by atoms with van der Waals surface area (Å²) in [6, 6.07) is 14.1. The monoisotopic (exact) mass is 474 g/mol. The zero-order valence-corrected chi connectivity index (χ0v) is 19.8. The molecule has 0 heterocycles. The summed E-state index contributed by atoms with van der Waals surface area (Å²) in [7, 11) is 3.94. The van der Waals surface area contributed by atoms with Gasteiger partial charge in [0.25, 0.3) is 0 Å². The summed E-state index contributed by atoms with van der Waals surface area (Å²) < 4.78 is 0. The number of benzene rings is 2. The van der Waals surface area contributed by atoms with E-state index in [1.165, 1.54) is 0 Å². The molecule has 170 valence electrons. The van der Waals surface area contributed by atoms with Crippen LogP contribution in [0.1, 0.15) is 36.8 Å². The summed E-state index contributed by atoms with van der Waals surface area (Å²) in [5, 5.41) is 24.2. The van der Waals surface area contributed by atoms with Gasteiger partial charge in [0, 0.05) is 24.8 Å². The van der Waals surface area contributed by atoms with Crippen LogP contribution < -0.4 is 5.32 Å². The number of nitrogens with one attached hydrogen (secondary N) is 1. The maximum absolute atomic E-state index is 13.2. The van der Waals surface area contributed by atoms with Gasteiger partial charge in [0.15, 0.2) is 0 Å². The Labute approximate surface area is 199 Å². The van der Waals surface area contributed by atoms with Gasteiger partial charge >= 0.3 is 6.03 Å². The highest BCUT2D eigenvalue weighted by atomic mass is 35.5.